The molecule has 1 heterocycles. The van der Waals surface area contributed by atoms with Crippen LogP contribution in [0.4, 0.5) is 5.69 Å². The molecular formula is C16H24N2O5S2. The van der Waals surface area contributed by atoms with E-state index in [-0.39, 0.29) is 22.3 Å². The van der Waals surface area contributed by atoms with Crippen molar-refractivity contribution in [3.05, 3.63) is 23.8 Å². The predicted molar refractivity (Wildman–Crippen MR) is 96.3 cm³/mol. The average molecular weight is 389 g/mol. The van der Waals surface area contributed by atoms with E-state index in [1.54, 1.807) is 20.8 Å². The van der Waals surface area contributed by atoms with Gasteiger partial charge in [-0.2, -0.15) is 0 Å². The van der Waals surface area contributed by atoms with E-state index in [1.807, 2.05) is 13.8 Å². The number of nitrogens with zero attached hydrogens (tertiary/aromatic N) is 1. The molecule has 0 saturated carbocycles. The maximum Gasteiger partial charge on any atom is 0.247 e. The summed E-state index contributed by atoms with van der Waals surface area (Å²) in [7, 11) is -7.46. The lowest BCUT2D eigenvalue weighted by atomic mass is 9.95. The van der Waals surface area contributed by atoms with Crippen LogP contribution in [0.25, 0.3) is 0 Å². The summed E-state index contributed by atoms with van der Waals surface area (Å²) in [6.07, 6.45) is 0. The van der Waals surface area contributed by atoms with Crippen LogP contribution in [0.5, 0.6) is 0 Å². The summed E-state index contributed by atoms with van der Waals surface area (Å²) < 4.78 is 52.7. The molecule has 1 aromatic carbocycles. The summed E-state index contributed by atoms with van der Waals surface area (Å²) in [6, 6.07) is 4.11. The van der Waals surface area contributed by atoms with E-state index in [1.165, 1.54) is 18.2 Å². The second-order valence-corrected chi connectivity index (χ2v) is 11.0. The fraction of sp³-hybridized carbons (Fsp3) is 0.562. The Kier molecular flexibility index (Phi) is 5.06. The molecule has 0 aliphatic carbocycles. The van der Waals surface area contributed by atoms with Crippen LogP contribution in [0.15, 0.2) is 23.1 Å². The molecule has 1 amide bonds. The number of hydrogen-bond donors (Lipinski definition) is 1. The minimum Gasteiger partial charge on any atom is -0.273 e. The summed E-state index contributed by atoms with van der Waals surface area (Å²) in [5, 5.41) is 0. The van der Waals surface area contributed by atoms with Crippen LogP contribution in [0, 0.1) is 18.3 Å². The van der Waals surface area contributed by atoms with Crippen molar-refractivity contribution in [1.29, 1.82) is 0 Å². The molecule has 1 saturated heterocycles. The fourth-order valence-electron chi connectivity index (χ4n) is 2.68. The van der Waals surface area contributed by atoms with Crippen molar-refractivity contribution in [2.45, 2.75) is 39.5 Å². The molecule has 2 rings (SSSR count). The summed E-state index contributed by atoms with van der Waals surface area (Å²) in [5.74, 6) is -0.627. The Bertz CT molecular complexity index is 902. The first-order chi connectivity index (χ1) is 11.3. The van der Waals surface area contributed by atoms with Crippen LogP contribution in [0.1, 0.15) is 33.3 Å². The number of sulfonamides is 2. The van der Waals surface area contributed by atoms with Crippen molar-refractivity contribution in [3.63, 3.8) is 0 Å². The van der Waals surface area contributed by atoms with Gasteiger partial charge in [0.2, 0.25) is 26.0 Å². The van der Waals surface area contributed by atoms with E-state index in [4.69, 9.17) is 0 Å². The third-order valence-corrected chi connectivity index (χ3v) is 7.55. The first-order valence-corrected chi connectivity index (χ1v) is 11.0. The molecule has 1 N–H and O–H groups in total. The number of benzene rings is 1. The van der Waals surface area contributed by atoms with Crippen LogP contribution in [0.2, 0.25) is 0 Å². The lowest BCUT2D eigenvalue weighted by molar-refractivity contribution is -0.123. The molecule has 0 unspecified atom stereocenters. The third kappa shape index (κ3) is 3.88. The van der Waals surface area contributed by atoms with E-state index in [2.05, 4.69) is 4.72 Å². The molecule has 140 valence electrons. The molecule has 9 heteroatoms. The van der Waals surface area contributed by atoms with Gasteiger partial charge < -0.3 is 0 Å². The van der Waals surface area contributed by atoms with E-state index >= 15 is 0 Å². The lowest BCUT2D eigenvalue weighted by Crippen LogP contribution is -2.33. The van der Waals surface area contributed by atoms with Crippen molar-refractivity contribution in [2.75, 3.05) is 16.6 Å². The highest BCUT2D eigenvalue weighted by Crippen LogP contribution is 2.36. The number of rotatable bonds is 5. The van der Waals surface area contributed by atoms with Crippen molar-refractivity contribution in [1.82, 2.24) is 4.72 Å². The number of carbonyl (C=O) groups is 1. The minimum absolute atomic E-state index is 0.0696. The molecule has 1 aromatic rings. The number of carbonyl (C=O) groups excluding carboxylic acids is 1. The Balaban J connectivity index is 2.42. The van der Waals surface area contributed by atoms with Gasteiger partial charge in [0.15, 0.2) is 0 Å². The molecule has 0 aromatic heterocycles. The first-order valence-electron chi connectivity index (χ1n) is 7.96. The molecule has 0 spiro atoms. The van der Waals surface area contributed by atoms with Crippen molar-refractivity contribution in [2.24, 2.45) is 11.3 Å². The topological polar surface area (TPSA) is 101 Å². The van der Waals surface area contributed by atoms with Crippen molar-refractivity contribution < 1.29 is 21.6 Å². The summed E-state index contributed by atoms with van der Waals surface area (Å²) in [4.78, 5) is 12.5. The molecular weight excluding hydrogens is 364 g/mol. The van der Waals surface area contributed by atoms with E-state index in [0.29, 0.717) is 12.1 Å². The number of hydrogen-bond acceptors (Lipinski definition) is 5. The van der Waals surface area contributed by atoms with Gasteiger partial charge in [-0.15, -0.1) is 0 Å². The molecule has 1 aliphatic rings. The van der Waals surface area contributed by atoms with Crippen molar-refractivity contribution in [3.8, 4) is 0 Å². The Hall–Kier alpha value is -1.45. The summed E-state index contributed by atoms with van der Waals surface area (Å²) >= 11 is 0. The van der Waals surface area contributed by atoms with Gasteiger partial charge >= 0.3 is 0 Å². The zero-order valence-corrected chi connectivity index (χ0v) is 16.7. The Labute approximate surface area is 149 Å². The highest BCUT2D eigenvalue weighted by molar-refractivity contribution is 7.94. The number of nitrogens with one attached hydrogen (secondary N) is 1. The first kappa shape index (κ1) is 19.9. The normalized spacial score (nSPS) is 19.6. The number of amides is 1. The zero-order valence-electron chi connectivity index (χ0n) is 15.0. The molecule has 0 bridgehead atoms. The fourth-order valence-corrected chi connectivity index (χ4v) is 6.21. The Morgan fingerprint density at radius 2 is 1.88 bits per heavy atom. The lowest BCUT2D eigenvalue weighted by Gasteiger charge is -2.19. The van der Waals surface area contributed by atoms with Gasteiger partial charge in [-0.1, -0.05) is 13.8 Å². The minimum atomic E-state index is -3.76. The average Bonchev–Trinajstić information content (AvgIpc) is 2.60. The molecule has 0 atom stereocenters. The van der Waals surface area contributed by atoms with Gasteiger partial charge in [-0.05, 0) is 50.5 Å². The Morgan fingerprint density at radius 1 is 1.28 bits per heavy atom. The molecule has 25 heavy (non-hydrogen) atoms. The van der Waals surface area contributed by atoms with Gasteiger partial charge in [0.25, 0.3) is 0 Å². The maximum atomic E-state index is 12.4. The third-order valence-electron chi connectivity index (χ3n) is 3.95. The van der Waals surface area contributed by atoms with Gasteiger partial charge in [0.05, 0.1) is 21.8 Å². The highest BCUT2D eigenvalue weighted by atomic mass is 32.2. The van der Waals surface area contributed by atoms with E-state index < -0.39 is 31.4 Å². The second kappa shape index (κ2) is 6.37. The second-order valence-electron chi connectivity index (χ2n) is 7.41. The standard InChI is InChI=1S/C16H24N2O5S2/c1-11(2)9-17-25(22,23)14-7-6-13(8-12(14)3)18-15(19)16(4,5)10-24(18,20)21/h6-8,11,17H,9-10H2,1-5H3. The van der Waals surface area contributed by atoms with Crippen LogP contribution in [-0.2, 0) is 24.8 Å². The van der Waals surface area contributed by atoms with Crippen molar-refractivity contribution >= 4 is 31.6 Å². The highest BCUT2D eigenvalue weighted by Gasteiger charge is 2.50. The van der Waals surface area contributed by atoms with Crippen LogP contribution < -0.4 is 9.03 Å². The number of aryl methyl sites for hydroxylation is 1. The zero-order chi connectivity index (χ0) is 19.2. The van der Waals surface area contributed by atoms with E-state index in [0.717, 1.165) is 4.31 Å². The van der Waals surface area contributed by atoms with Crippen LogP contribution >= 0.6 is 0 Å². The monoisotopic (exact) mass is 388 g/mol. The van der Waals surface area contributed by atoms with Gasteiger partial charge in [0.1, 0.15) is 0 Å². The number of anilines is 1. The largest absolute Gasteiger partial charge is 0.273 e. The quantitative estimate of drug-likeness (QED) is 0.826. The smallest absolute Gasteiger partial charge is 0.247 e. The SMILES string of the molecule is Cc1cc(N2C(=O)C(C)(C)CS2(=O)=O)ccc1S(=O)(=O)NCC(C)C. The summed E-state index contributed by atoms with van der Waals surface area (Å²) in [6.45, 7) is 8.82. The van der Waals surface area contributed by atoms with E-state index in [9.17, 15) is 21.6 Å². The summed E-state index contributed by atoms with van der Waals surface area (Å²) in [5.41, 5.74) is -0.464. The van der Waals surface area contributed by atoms with Crippen LogP contribution in [0.3, 0.4) is 0 Å². The van der Waals surface area contributed by atoms with Gasteiger partial charge in [-0.3, -0.25) is 4.79 Å². The Morgan fingerprint density at radius 3 is 2.32 bits per heavy atom. The molecule has 1 aliphatic heterocycles. The maximum absolute atomic E-state index is 12.4. The van der Waals surface area contributed by atoms with Gasteiger partial charge in [-0.25, -0.2) is 25.9 Å². The predicted octanol–water partition coefficient (Wildman–Crippen LogP) is 1.63. The van der Waals surface area contributed by atoms with Crippen LogP contribution in [-0.4, -0.2) is 35.0 Å². The molecule has 0 radical (unpaired) electrons. The van der Waals surface area contributed by atoms with Gasteiger partial charge in [0, 0.05) is 6.54 Å². The molecule has 7 nitrogen and oxygen atoms in total. The molecule has 1 fully saturated rings.